The quantitative estimate of drug-likeness (QED) is 0.636. The van der Waals surface area contributed by atoms with Gasteiger partial charge in [0.25, 0.3) is 0 Å². The molecule has 1 unspecified atom stereocenters. The van der Waals surface area contributed by atoms with Gasteiger partial charge in [-0.3, -0.25) is 4.98 Å². The number of pyridine rings is 1. The summed E-state index contributed by atoms with van der Waals surface area (Å²) in [5, 5.41) is 8.85. The van der Waals surface area contributed by atoms with Gasteiger partial charge in [0.15, 0.2) is 0 Å². The summed E-state index contributed by atoms with van der Waals surface area (Å²) in [5.41, 5.74) is 2.27. The molecule has 1 aliphatic carbocycles. The smallest absolute Gasteiger partial charge is 0.0887 e. The molecule has 0 aliphatic heterocycles. The lowest BCUT2D eigenvalue weighted by Gasteiger charge is -2.18. The number of nitrogens with zero attached hydrogens (tertiary/aromatic N) is 2. The van der Waals surface area contributed by atoms with Crippen molar-refractivity contribution in [3.05, 3.63) is 29.6 Å². The van der Waals surface area contributed by atoms with Crippen LogP contribution in [0, 0.1) is 11.3 Å². The van der Waals surface area contributed by atoms with Gasteiger partial charge in [0, 0.05) is 6.20 Å². The summed E-state index contributed by atoms with van der Waals surface area (Å²) in [5.74, 6) is 0.0370. The van der Waals surface area contributed by atoms with E-state index in [0.29, 0.717) is 0 Å². The highest BCUT2D eigenvalue weighted by Gasteiger charge is 2.19. The SMILES string of the molecule is Cl.N#CC1CCCc2cccnc21. The zero-order chi connectivity index (χ0) is 8.39. The van der Waals surface area contributed by atoms with Crippen LogP contribution in [0.2, 0.25) is 0 Å². The van der Waals surface area contributed by atoms with Crippen molar-refractivity contribution >= 4 is 12.4 Å². The molecule has 1 heterocycles. The molecule has 0 saturated heterocycles. The van der Waals surface area contributed by atoms with Crippen LogP contribution in [0.4, 0.5) is 0 Å². The molecule has 0 bridgehead atoms. The molecule has 13 heavy (non-hydrogen) atoms. The van der Waals surface area contributed by atoms with Crippen LogP contribution in [0.1, 0.15) is 30.0 Å². The van der Waals surface area contributed by atoms with Crippen LogP contribution in [0.3, 0.4) is 0 Å². The number of hydrogen-bond donors (Lipinski definition) is 0. The standard InChI is InChI=1S/C10H10N2.ClH/c11-7-9-4-1-3-8-5-2-6-12-10(8)9;/h2,5-6,9H,1,3-4H2;1H. The first-order chi connectivity index (χ1) is 5.92. The fourth-order valence-corrected chi connectivity index (χ4v) is 1.74. The topological polar surface area (TPSA) is 36.7 Å². The molecule has 0 spiro atoms. The normalized spacial score (nSPS) is 19.5. The zero-order valence-corrected chi connectivity index (χ0v) is 8.05. The van der Waals surface area contributed by atoms with E-state index in [4.69, 9.17) is 5.26 Å². The average molecular weight is 195 g/mol. The summed E-state index contributed by atoms with van der Waals surface area (Å²) in [6.45, 7) is 0. The van der Waals surface area contributed by atoms with Gasteiger partial charge in [0.05, 0.1) is 17.7 Å². The predicted molar refractivity (Wildman–Crippen MR) is 52.8 cm³/mol. The molecular weight excluding hydrogens is 184 g/mol. The number of aromatic nitrogens is 1. The molecule has 2 rings (SSSR count). The molecule has 0 N–H and O–H groups in total. The summed E-state index contributed by atoms with van der Waals surface area (Å²) in [4.78, 5) is 4.25. The maximum Gasteiger partial charge on any atom is 0.0887 e. The van der Waals surface area contributed by atoms with Gasteiger partial charge in [-0.2, -0.15) is 5.26 Å². The van der Waals surface area contributed by atoms with Gasteiger partial charge < -0.3 is 0 Å². The third kappa shape index (κ3) is 1.81. The van der Waals surface area contributed by atoms with Gasteiger partial charge in [0.1, 0.15) is 0 Å². The van der Waals surface area contributed by atoms with E-state index in [1.165, 1.54) is 5.56 Å². The van der Waals surface area contributed by atoms with Crippen molar-refractivity contribution in [1.29, 1.82) is 5.26 Å². The molecular formula is C10H11ClN2. The number of hydrogen-bond acceptors (Lipinski definition) is 2. The summed E-state index contributed by atoms with van der Waals surface area (Å²) in [6.07, 6.45) is 4.95. The van der Waals surface area contributed by atoms with Crippen molar-refractivity contribution in [3.8, 4) is 6.07 Å². The predicted octanol–water partition coefficient (Wildman–Crippen LogP) is 2.45. The summed E-state index contributed by atoms with van der Waals surface area (Å²) in [6, 6.07) is 6.32. The lowest BCUT2D eigenvalue weighted by Crippen LogP contribution is -2.09. The molecule has 1 aromatic rings. The molecule has 3 heteroatoms. The minimum Gasteiger partial charge on any atom is -0.260 e. The van der Waals surface area contributed by atoms with Crippen molar-refractivity contribution in [2.45, 2.75) is 25.2 Å². The monoisotopic (exact) mass is 194 g/mol. The lowest BCUT2D eigenvalue weighted by atomic mass is 9.88. The minimum absolute atomic E-state index is 0. The average Bonchev–Trinajstić information content (AvgIpc) is 2.17. The fourth-order valence-electron chi connectivity index (χ4n) is 1.74. The van der Waals surface area contributed by atoms with Crippen molar-refractivity contribution in [3.63, 3.8) is 0 Å². The number of fused-ring (bicyclic) bond motifs is 1. The Kier molecular flexibility index (Phi) is 3.27. The zero-order valence-electron chi connectivity index (χ0n) is 7.23. The van der Waals surface area contributed by atoms with E-state index in [1.807, 2.05) is 6.07 Å². The Morgan fingerprint density at radius 1 is 1.54 bits per heavy atom. The lowest BCUT2D eigenvalue weighted by molar-refractivity contribution is 0.619. The number of aryl methyl sites for hydroxylation is 1. The maximum atomic E-state index is 8.85. The van der Waals surface area contributed by atoms with Gasteiger partial charge in [-0.05, 0) is 30.9 Å². The third-order valence-electron chi connectivity index (χ3n) is 2.35. The second-order valence-electron chi connectivity index (χ2n) is 3.12. The Morgan fingerprint density at radius 3 is 3.15 bits per heavy atom. The first-order valence-electron chi connectivity index (χ1n) is 4.25. The minimum atomic E-state index is 0. The number of rotatable bonds is 0. The fraction of sp³-hybridized carbons (Fsp3) is 0.400. The largest absolute Gasteiger partial charge is 0.260 e. The Balaban J connectivity index is 0.000000845. The molecule has 1 atom stereocenters. The molecule has 2 nitrogen and oxygen atoms in total. The van der Waals surface area contributed by atoms with Crippen molar-refractivity contribution in [1.82, 2.24) is 4.98 Å². The Morgan fingerprint density at radius 2 is 2.38 bits per heavy atom. The molecule has 1 aliphatic rings. The third-order valence-corrected chi connectivity index (χ3v) is 2.35. The highest BCUT2D eigenvalue weighted by Crippen LogP contribution is 2.28. The number of halogens is 1. The highest BCUT2D eigenvalue weighted by molar-refractivity contribution is 5.85. The van der Waals surface area contributed by atoms with Gasteiger partial charge in [-0.15, -0.1) is 12.4 Å². The Bertz CT molecular complexity index is 330. The van der Waals surface area contributed by atoms with Crippen molar-refractivity contribution < 1.29 is 0 Å². The van der Waals surface area contributed by atoms with E-state index in [9.17, 15) is 0 Å². The van der Waals surface area contributed by atoms with Gasteiger partial charge in [-0.1, -0.05) is 6.07 Å². The van der Waals surface area contributed by atoms with Crippen LogP contribution >= 0.6 is 12.4 Å². The second-order valence-corrected chi connectivity index (χ2v) is 3.12. The van der Waals surface area contributed by atoms with Crippen molar-refractivity contribution in [2.75, 3.05) is 0 Å². The van der Waals surface area contributed by atoms with E-state index in [-0.39, 0.29) is 18.3 Å². The molecule has 0 saturated carbocycles. The van der Waals surface area contributed by atoms with Gasteiger partial charge in [-0.25, -0.2) is 0 Å². The maximum absolute atomic E-state index is 8.85. The van der Waals surface area contributed by atoms with Crippen LogP contribution in [0.5, 0.6) is 0 Å². The summed E-state index contributed by atoms with van der Waals surface area (Å²) < 4.78 is 0. The first kappa shape index (κ1) is 10.0. The Labute approximate surface area is 84.0 Å². The van der Waals surface area contributed by atoms with Gasteiger partial charge >= 0.3 is 0 Å². The van der Waals surface area contributed by atoms with Crippen LogP contribution in [0.15, 0.2) is 18.3 Å². The van der Waals surface area contributed by atoms with Crippen LogP contribution in [0.25, 0.3) is 0 Å². The van der Waals surface area contributed by atoms with E-state index < -0.39 is 0 Å². The van der Waals surface area contributed by atoms with Crippen LogP contribution in [-0.2, 0) is 6.42 Å². The second kappa shape index (κ2) is 4.25. The molecule has 0 amide bonds. The summed E-state index contributed by atoms with van der Waals surface area (Å²) >= 11 is 0. The van der Waals surface area contributed by atoms with E-state index >= 15 is 0 Å². The molecule has 0 fully saturated rings. The molecule has 1 aromatic heterocycles. The molecule has 0 radical (unpaired) electrons. The number of nitriles is 1. The Hall–Kier alpha value is -1.07. The highest BCUT2D eigenvalue weighted by atomic mass is 35.5. The van der Waals surface area contributed by atoms with E-state index in [0.717, 1.165) is 25.0 Å². The van der Waals surface area contributed by atoms with E-state index in [1.54, 1.807) is 6.20 Å². The van der Waals surface area contributed by atoms with Crippen molar-refractivity contribution in [2.24, 2.45) is 0 Å². The van der Waals surface area contributed by atoms with Crippen LogP contribution < -0.4 is 0 Å². The van der Waals surface area contributed by atoms with E-state index in [2.05, 4.69) is 17.1 Å². The molecule has 68 valence electrons. The summed E-state index contributed by atoms with van der Waals surface area (Å²) in [7, 11) is 0. The molecule has 0 aromatic carbocycles. The van der Waals surface area contributed by atoms with Gasteiger partial charge in [0.2, 0.25) is 0 Å². The first-order valence-corrected chi connectivity index (χ1v) is 4.25. The van der Waals surface area contributed by atoms with Crippen LogP contribution in [-0.4, -0.2) is 4.98 Å².